The Balaban J connectivity index is 2.58. The molecule has 6 heteroatoms. The molecule has 1 fully saturated rings. The third-order valence-electron chi connectivity index (χ3n) is 2.32. The number of hydrogen-bond donors (Lipinski definition) is 1. The van der Waals surface area contributed by atoms with Crippen LogP contribution in [0.1, 0.15) is 19.8 Å². The summed E-state index contributed by atoms with van der Waals surface area (Å²) in [5.74, 6) is -0.329. The zero-order valence-electron chi connectivity index (χ0n) is 8.70. The Kier molecular flexibility index (Phi) is 4.41. The topological polar surface area (TPSA) is 47.6 Å². The maximum atomic E-state index is 12.6. The molecule has 3 unspecified atom stereocenters. The minimum absolute atomic E-state index is 0.329. The van der Waals surface area contributed by atoms with Crippen LogP contribution in [0, 0.1) is 0 Å². The Morgan fingerprint density at radius 3 is 2.67 bits per heavy atom. The van der Waals surface area contributed by atoms with Crippen LogP contribution in [0.15, 0.2) is 0 Å². The van der Waals surface area contributed by atoms with Crippen LogP contribution in [0.3, 0.4) is 0 Å². The van der Waals surface area contributed by atoms with Crippen molar-refractivity contribution in [1.29, 1.82) is 0 Å². The van der Waals surface area contributed by atoms with Gasteiger partial charge in [-0.05, 0) is 6.42 Å². The Morgan fingerprint density at radius 2 is 2.20 bits per heavy atom. The first-order valence-electron chi connectivity index (χ1n) is 4.78. The molecule has 0 aromatic rings. The summed E-state index contributed by atoms with van der Waals surface area (Å²) in [4.78, 5) is 10.8. The second kappa shape index (κ2) is 5.37. The van der Waals surface area contributed by atoms with Gasteiger partial charge in [0.2, 0.25) is 5.91 Å². The molecule has 0 aliphatic carbocycles. The van der Waals surface area contributed by atoms with E-state index in [-0.39, 0.29) is 5.91 Å². The fraction of sp³-hybridized carbons (Fsp3) is 0.889. The van der Waals surface area contributed by atoms with E-state index < -0.39 is 24.9 Å². The van der Waals surface area contributed by atoms with Crippen molar-refractivity contribution in [2.24, 2.45) is 0 Å². The zero-order valence-corrected chi connectivity index (χ0v) is 8.70. The number of methoxy groups -OCH3 is 1. The fourth-order valence-electron chi connectivity index (χ4n) is 1.64. The number of alkyl halides is 2. The minimum atomic E-state index is -2.63. The van der Waals surface area contributed by atoms with E-state index in [1.54, 1.807) is 0 Å². The zero-order chi connectivity index (χ0) is 11.4. The predicted octanol–water partition coefficient (Wildman–Crippen LogP) is 0.908. The third-order valence-corrected chi connectivity index (χ3v) is 2.32. The Hall–Kier alpha value is -0.750. The molecule has 1 N–H and O–H groups in total. The highest BCUT2D eigenvalue weighted by Crippen LogP contribution is 2.24. The number of nitrogens with one attached hydrogen (secondary N) is 1. The second-order valence-corrected chi connectivity index (χ2v) is 3.48. The monoisotopic (exact) mass is 223 g/mol. The van der Waals surface area contributed by atoms with Gasteiger partial charge >= 0.3 is 0 Å². The lowest BCUT2D eigenvalue weighted by Gasteiger charge is -2.35. The average molecular weight is 223 g/mol. The maximum absolute atomic E-state index is 12.6. The van der Waals surface area contributed by atoms with Crippen molar-refractivity contribution < 1.29 is 23.0 Å². The summed E-state index contributed by atoms with van der Waals surface area (Å²) in [6.45, 7) is 1.30. The molecule has 0 spiro atoms. The molecule has 1 aliphatic rings. The molecule has 4 nitrogen and oxygen atoms in total. The lowest BCUT2D eigenvalue weighted by atomic mass is 10.0. The number of amides is 1. The van der Waals surface area contributed by atoms with Gasteiger partial charge in [-0.25, -0.2) is 8.78 Å². The predicted molar refractivity (Wildman–Crippen MR) is 48.5 cm³/mol. The third kappa shape index (κ3) is 3.39. The number of hydrogen-bond acceptors (Lipinski definition) is 3. The molecule has 1 aliphatic heterocycles. The summed E-state index contributed by atoms with van der Waals surface area (Å²) in [7, 11) is 1.41. The van der Waals surface area contributed by atoms with Gasteiger partial charge in [0.25, 0.3) is 6.43 Å². The van der Waals surface area contributed by atoms with Gasteiger partial charge in [-0.3, -0.25) is 4.79 Å². The van der Waals surface area contributed by atoms with Gasteiger partial charge in [0.15, 0.2) is 6.29 Å². The van der Waals surface area contributed by atoms with Gasteiger partial charge in [0.1, 0.15) is 6.10 Å². The molecule has 3 atom stereocenters. The van der Waals surface area contributed by atoms with Gasteiger partial charge < -0.3 is 14.8 Å². The quantitative estimate of drug-likeness (QED) is 0.773. The molecule has 1 amide bonds. The fourth-order valence-corrected chi connectivity index (χ4v) is 1.64. The first-order valence-corrected chi connectivity index (χ1v) is 4.78. The summed E-state index contributed by atoms with van der Waals surface area (Å²) >= 11 is 0. The maximum Gasteiger partial charge on any atom is 0.266 e. The Morgan fingerprint density at radius 1 is 1.53 bits per heavy atom. The number of rotatable bonds is 3. The largest absolute Gasteiger partial charge is 0.356 e. The van der Waals surface area contributed by atoms with Crippen molar-refractivity contribution in [3.05, 3.63) is 0 Å². The molecule has 0 bridgehead atoms. The molecule has 1 rings (SSSR count). The number of halogens is 2. The molecule has 0 aromatic carbocycles. The van der Waals surface area contributed by atoms with Gasteiger partial charge in [-0.2, -0.15) is 0 Å². The van der Waals surface area contributed by atoms with Crippen LogP contribution >= 0.6 is 0 Å². The van der Waals surface area contributed by atoms with Crippen molar-refractivity contribution in [1.82, 2.24) is 5.32 Å². The number of carbonyl (C=O) groups is 1. The summed E-state index contributed by atoms with van der Waals surface area (Å²) in [5.41, 5.74) is 0. The molecular weight excluding hydrogens is 208 g/mol. The lowest BCUT2D eigenvalue weighted by molar-refractivity contribution is -0.218. The summed E-state index contributed by atoms with van der Waals surface area (Å²) in [6.07, 6.45) is -3.57. The van der Waals surface area contributed by atoms with E-state index in [0.29, 0.717) is 12.8 Å². The average Bonchev–Trinajstić information content (AvgIpc) is 2.17. The molecule has 15 heavy (non-hydrogen) atoms. The summed E-state index contributed by atoms with van der Waals surface area (Å²) < 4.78 is 35.1. The van der Waals surface area contributed by atoms with Crippen molar-refractivity contribution in [2.75, 3.05) is 7.11 Å². The van der Waals surface area contributed by atoms with E-state index in [9.17, 15) is 13.6 Å². The van der Waals surface area contributed by atoms with E-state index in [2.05, 4.69) is 5.32 Å². The van der Waals surface area contributed by atoms with Gasteiger partial charge in [-0.15, -0.1) is 0 Å². The molecular formula is C9H15F2NO3. The highest BCUT2D eigenvalue weighted by molar-refractivity contribution is 5.73. The standard InChI is InChI=1S/C9H15F2NO3/c1-5(13)12-6-3-4-7(14-2)15-8(6)9(10)11/h6-9H,3-4H2,1-2H3,(H,12,13). The number of carbonyl (C=O) groups excluding carboxylic acids is 1. The molecule has 88 valence electrons. The van der Waals surface area contributed by atoms with Crippen LogP contribution in [-0.2, 0) is 14.3 Å². The van der Waals surface area contributed by atoms with Gasteiger partial charge in [0, 0.05) is 20.5 Å². The van der Waals surface area contributed by atoms with E-state index >= 15 is 0 Å². The normalized spacial score (nSPS) is 31.7. The Bertz CT molecular complexity index is 225. The minimum Gasteiger partial charge on any atom is -0.356 e. The molecule has 0 saturated carbocycles. The van der Waals surface area contributed by atoms with Gasteiger partial charge in [-0.1, -0.05) is 0 Å². The van der Waals surface area contributed by atoms with E-state index in [1.165, 1.54) is 14.0 Å². The van der Waals surface area contributed by atoms with Crippen molar-refractivity contribution in [3.8, 4) is 0 Å². The summed E-state index contributed by atoms with van der Waals surface area (Å²) in [6, 6.07) is -0.631. The molecule has 0 aromatic heterocycles. The van der Waals surface area contributed by atoms with Crippen LogP contribution in [0.4, 0.5) is 8.78 Å². The lowest BCUT2D eigenvalue weighted by Crippen LogP contribution is -2.52. The first kappa shape index (κ1) is 12.3. The van der Waals surface area contributed by atoms with Crippen LogP contribution < -0.4 is 5.32 Å². The molecule has 1 saturated heterocycles. The second-order valence-electron chi connectivity index (χ2n) is 3.48. The van der Waals surface area contributed by atoms with E-state index in [1.807, 2.05) is 0 Å². The van der Waals surface area contributed by atoms with Gasteiger partial charge in [0.05, 0.1) is 6.04 Å². The van der Waals surface area contributed by atoms with E-state index in [0.717, 1.165) is 0 Å². The highest BCUT2D eigenvalue weighted by Gasteiger charge is 2.37. The Labute approximate surface area is 86.9 Å². The highest BCUT2D eigenvalue weighted by atomic mass is 19.3. The number of ether oxygens (including phenoxy) is 2. The SMILES string of the molecule is COC1CCC(NC(C)=O)C(C(F)F)O1. The van der Waals surface area contributed by atoms with Crippen LogP contribution in [0.5, 0.6) is 0 Å². The van der Waals surface area contributed by atoms with Crippen LogP contribution in [0.25, 0.3) is 0 Å². The molecule has 0 radical (unpaired) electrons. The van der Waals surface area contributed by atoms with Crippen molar-refractivity contribution in [3.63, 3.8) is 0 Å². The summed E-state index contributed by atoms with van der Waals surface area (Å²) in [5, 5.41) is 2.46. The van der Waals surface area contributed by atoms with Crippen LogP contribution in [-0.4, -0.2) is 37.9 Å². The molecule has 1 heterocycles. The van der Waals surface area contributed by atoms with Crippen LogP contribution in [0.2, 0.25) is 0 Å². The van der Waals surface area contributed by atoms with Crippen molar-refractivity contribution in [2.45, 2.75) is 44.6 Å². The first-order chi connectivity index (χ1) is 7.04. The van der Waals surface area contributed by atoms with E-state index in [4.69, 9.17) is 9.47 Å². The van der Waals surface area contributed by atoms with Crippen molar-refractivity contribution >= 4 is 5.91 Å². The smallest absolute Gasteiger partial charge is 0.266 e.